The van der Waals surface area contributed by atoms with E-state index in [2.05, 4.69) is 15.1 Å². The molecule has 0 spiro atoms. The predicted octanol–water partition coefficient (Wildman–Crippen LogP) is 3.77. The van der Waals surface area contributed by atoms with Gasteiger partial charge in [0.25, 0.3) is 0 Å². The Hall–Kier alpha value is -2.73. The third kappa shape index (κ3) is 2.45. The van der Waals surface area contributed by atoms with Gasteiger partial charge < -0.3 is 4.57 Å². The van der Waals surface area contributed by atoms with Crippen molar-refractivity contribution in [3.63, 3.8) is 0 Å². The lowest BCUT2D eigenvalue weighted by molar-refractivity contribution is 0.611. The smallest absolute Gasteiger partial charge is 0.148 e. The van der Waals surface area contributed by atoms with Crippen LogP contribution in [0.5, 0.6) is 0 Å². The zero-order valence-corrected chi connectivity index (χ0v) is 13.6. The molecule has 0 unspecified atom stereocenters. The van der Waals surface area contributed by atoms with E-state index in [0.29, 0.717) is 17.4 Å². The molecular weight excluding hydrogens is 329 g/mol. The molecule has 0 atom stereocenters. The highest BCUT2D eigenvalue weighted by Crippen LogP contribution is 2.25. The van der Waals surface area contributed by atoms with E-state index >= 15 is 0 Å². The molecule has 0 amide bonds. The largest absolute Gasteiger partial charge is 0.328 e. The van der Waals surface area contributed by atoms with Crippen LogP contribution in [0.1, 0.15) is 11.1 Å². The molecule has 7 heteroatoms. The number of aromatic nitrogens is 5. The summed E-state index contributed by atoms with van der Waals surface area (Å²) in [4.78, 5) is 8.34. The Labute approximate surface area is 142 Å². The standard InChI is InChI=1S/C17H13ClFN5/c1-11-7-23(17-15(11)16(18)20-10-21-17)8-12-6-22-24(9-12)14-5-3-2-4-13(14)19/h2-7,9-10H,8H2,1H3. The maximum atomic E-state index is 13.9. The Morgan fingerprint density at radius 1 is 1.17 bits per heavy atom. The molecule has 24 heavy (non-hydrogen) atoms. The lowest BCUT2D eigenvalue weighted by Crippen LogP contribution is -1.99. The fourth-order valence-electron chi connectivity index (χ4n) is 2.80. The highest BCUT2D eigenvalue weighted by molar-refractivity contribution is 6.34. The number of benzene rings is 1. The van der Waals surface area contributed by atoms with Crippen LogP contribution in [0.25, 0.3) is 16.7 Å². The van der Waals surface area contributed by atoms with Crippen LogP contribution in [0, 0.1) is 12.7 Å². The van der Waals surface area contributed by atoms with Crippen LogP contribution in [0.4, 0.5) is 4.39 Å². The number of para-hydroxylation sites is 1. The van der Waals surface area contributed by atoms with Gasteiger partial charge in [-0.3, -0.25) is 0 Å². The molecule has 0 fully saturated rings. The summed E-state index contributed by atoms with van der Waals surface area (Å²) < 4.78 is 17.4. The molecule has 0 radical (unpaired) electrons. The number of rotatable bonds is 3. The Morgan fingerprint density at radius 3 is 2.83 bits per heavy atom. The third-order valence-electron chi connectivity index (χ3n) is 3.89. The number of aryl methyl sites for hydroxylation is 1. The summed E-state index contributed by atoms with van der Waals surface area (Å²) in [5, 5.41) is 5.54. The van der Waals surface area contributed by atoms with Crippen LogP contribution in [0.2, 0.25) is 5.15 Å². The van der Waals surface area contributed by atoms with Gasteiger partial charge in [0.2, 0.25) is 0 Å². The van der Waals surface area contributed by atoms with Gasteiger partial charge in [-0.25, -0.2) is 19.0 Å². The van der Waals surface area contributed by atoms with E-state index in [9.17, 15) is 4.39 Å². The van der Waals surface area contributed by atoms with Crippen molar-refractivity contribution in [2.45, 2.75) is 13.5 Å². The molecule has 0 saturated carbocycles. The predicted molar refractivity (Wildman–Crippen MR) is 89.9 cm³/mol. The Morgan fingerprint density at radius 2 is 2.00 bits per heavy atom. The van der Waals surface area contributed by atoms with Crippen LogP contribution in [0.15, 0.2) is 49.2 Å². The van der Waals surface area contributed by atoms with Crippen molar-refractivity contribution in [1.82, 2.24) is 24.3 Å². The summed E-state index contributed by atoms with van der Waals surface area (Å²) >= 11 is 6.16. The second-order valence-electron chi connectivity index (χ2n) is 5.55. The first kappa shape index (κ1) is 14.8. The fourth-order valence-corrected chi connectivity index (χ4v) is 3.08. The van der Waals surface area contributed by atoms with Crippen molar-refractivity contribution >= 4 is 22.6 Å². The highest BCUT2D eigenvalue weighted by atomic mass is 35.5. The first-order valence-electron chi connectivity index (χ1n) is 7.38. The number of fused-ring (bicyclic) bond motifs is 1. The number of nitrogens with zero attached hydrogens (tertiary/aromatic N) is 5. The van der Waals surface area contributed by atoms with E-state index in [4.69, 9.17) is 11.6 Å². The molecule has 0 aliphatic heterocycles. The minimum absolute atomic E-state index is 0.311. The van der Waals surface area contributed by atoms with Gasteiger partial charge in [0.1, 0.15) is 28.6 Å². The summed E-state index contributed by atoms with van der Waals surface area (Å²) in [6.45, 7) is 2.53. The monoisotopic (exact) mass is 341 g/mol. The maximum Gasteiger partial charge on any atom is 0.148 e. The van der Waals surface area contributed by atoms with E-state index in [0.717, 1.165) is 22.2 Å². The number of hydrogen-bond donors (Lipinski definition) is 0. The van der Waals surface area contributed by atoms with Crippen molar-refractivity contribution in [2.24, 2.45) is 0 Å². The molecule has 0 aliphatic carbocycles. The molecule has 0 saturated heterocycles. The van der Waals surface area contributed by atoms with Crippen LogP contribution in [-0.2, 0) is 6.54 Å². The van der Waals surface area contributed by atoms with Crippen molar-refractivity contribution in [1.29, 1.82) is 0 Å². The fraction of sp³-hybridized carbons (Fsp3) is 0.118. The Bertz CT molecular complexity index is 1040. The van der Waals surface area contributed by atoms with Crippen molar-refractivity contribution in [2.75, 3.05) is 0 Å². The third-order valence-corrected chi connectivity index (χ3v) is 4.17. The van der Waals surface area contributed by atoms with Gasteiger partial charge in [-0.1, -0.05) is 23.7 Å². The van der Waals surface area contributed by atoms with Gasteiger partial charge in [0.05, 0.1) is 18.1 Å². The van der Waals surface area contributed by atoms with Gasteiger partial charge >= 0.3 is 0 Å². The van der Waals surface area contributed by atoms with Crippen molar-refractivity contribution < 1.29 is 4.39 Å². The van der Waals surface area contributed by atoms with E-state index < -0.39 is 0 Å². The van der Waals surface area contributed by atoms with Gasteiger partial charge in [0.15, 0.2) is 0 Å². The molecule has 120 valence electrons. The average molecular weight is 342 g/mol. The molecule has 1 aromatic carbocycles. The molecule has 0 bridgehead atoms. The molecule has 4 rings (SSSR count). The molecule has 3 heterocycles. The SMILES string of the molecule is Cc1cn(Cc2cnn(-c3ccccc3F)c2)c2ncnc(Cl)c12. The van der Waals surface area contributed by atoms with Crippen LogP contribution in [-0.4, -0.2) is 24.3 Å². The number of halogens is 2. The molecule has 4 aromatic rings. The highest BCUT2D eigenvalue weighted by Gasteiger charge is 2.12. The van der Waals surface area contributed by atoms with E-state index in [1.165, 1.54) is 17.1 Å². The normalized spacial score (nSPS) is 11.3. The molecule has 3 aromatic heterocycles. The van der Waals surface area contributed by atoms with Crippen LogP contribution >= 0.6 is 11.6 Å². The minimum Gasteiger partial charge on any atom is -0.328 e. The quantitative estimate of drug-likeness (QED) is 0.533. The first-order valence-corrected chi connectivity index (χ1v) is 7.75. The maximum absolute atomic E-state index is 13.9. The summed E-state index contributed by atoms with van der Waals surface area (Å²) in [6.07, 6.45) is 6.95. The van der Waals surface area contributed by atoms with Gasteiger partial charge in [-0.2, -0.15) is 5.10 Å². The zero-order chi connectivity index (χ0) is 16.7. The number of hydrogen-bond acceptors (Lipinski definition) is 3. The second kappa shape index (κ2) is 5.72. The molecule has 0 aliphatic rings. The topological polar surface area (TPSA) is 48.5 Å². The minimum atomic E-state index is -0.311. The first-order chi connectivity index (χ1) is 11.6. The summed E-state index contributed by atoms with van der Waals surface area (Å²) in [6, 6.07) is 6.54. The molecule has 5 nitrogen and oxygen atoms in total. The molecular formula is C17H13ClFN5. The van der Waals surface area contributed by atoms with Gasteiger partial charge in [0, 0.05) is 18.0 Å². The average Bonchev–Trinajstić information content (AvgIpc) is 3.14. The van der Waals surface area contributed by atoms with Gasteiger partial charge in [-0.05, 0) is 24.6 Å². The van der Waals surface area contributed by atoms with E-state index in [1.807, 2.05) is 23.9 Å². The zero-order valence-electron chi connectivity index (χ0n) is 12.8. The van der Waals surface area contributed by atoms with E-state index in [-0.39, 0.29) is 5.82 Å². The van der Waals surface area contributed by atoms with E-state index in [1.54, 1.807) is 24.4 Å². The van der Waals surface area contributed by atoms with Crippen LogP contribution < -0.4 is 0 Å². The van der Waals surface area contributed by atoms with Crippen molar-refractivity contribution in [3.8, 4) is 5.69 Å². The van der Waals surface area contributed by atoms with Gasteiger partial charge in [-0.15, -0.1) is 0 Å². The lowest BCUT2D eigenvalue weighted by Gasteiger charge is -2.03. The summed E-state index contributed by atoms with van der Waals surface area (Å²) in [5.74, 6) is -0.311. The summed E-state index contributed by atoms with van der Waals surface area (Å²) in [7, 11) is 0. The Balaban J connectivity index is 1.70. The summed E-state index contributed by atoms with van der Waals surface area (Å²) in [5.41, 5.74) is 3.13. The Kier molecular flexibility index (Phi) is 3.54. The van der Waals surface area contributed by atoms with Crippen LogP contribution in [0.3, 0.4) is 0 Å². The molecule has 0 N–H and O–H groups in total. The second-order valence-corrected chi connectivity index (χ2v) is 5.91. The lowest BCUT2D eigenvalue weighted by atomic mass is 10.3. The van der Waals surface area contributed by atoms with Crippen molar-refractivity contribution in [3.05, 3.63) is 71.3 Å².